The Kier molecular flexibility index (Phi) is 12.8. The van der Waals surface area contributed by atoms with Gasteiger partial charge in [-0.2, -0.15) is 0 Å². The van der Waals surface area contributed by atoms with Crippen LogP contribution in [0.25, 0.3) is 0 Å². The summed E-state index contributed by atoms with van der Waals surface area (Å²) in [6.07, 6.45) is 0.109. The van der Waals surface area contributed by atoms with Crippen molar-refractivity contribution in [1.82, 2.24) is 15.5 Å². The fourth-order valence-corrected chi connectivity index (χ4v) is 4.37. The molecule has 0 aliphatic carbocycles. The van der Waals surface area contributed by atoms with Crippen LogP contribution >= 0.6 is 0 Å². The van der Waals surface area contributed by atoms with Crippen LogP contribution in [-0.2, 0) is 36.7 Å². The number of carbonyl (C=O) groups excluding carboxylic acids is 4. The lowest BCUT2D eigenvalue weighted by Crippen LogP contribution is -2.55. The summed E-state index contributed by atoms with van der Waals surface area (Å²) in [4.78, 5) is 54.2. The van der Waals surface area contributed by atoms with Gasteiger partial charge in [-0.25, -0.2) is 4.79 Å². The molecule has 0 radical (unpaired) electrons. The van der Waals surface area contributed by atoms with Crippen molar-refractivity contribution in [1.29, 1.82) is 0 Å². The highest BCUT2D eigenvalue weighted by Crippen LogP contribution is 2.26. The quantitative estimate of drug-likeness (QED) is 0.297. The van der Waals surface area contributed by atoms with Crippen LogP contribution in [0.15, 0.2) is 48.5 Å². The van der Waals surface area contributed by atoms with Gasteiger partial charge in [-0.3, -0.25) is 14.4 Å². The van der Waals surface area contributed by atoms with Crippen LogP contribution < -0.4 is 10.6 Å². The lowest BCUT2D eigenvalue weighted by atomic mass is 9.97. The van der Waals surface area contributed by atoms with Gasteiger partial charge >= 0.3 is 12.1 Å². The Labute approximate surface area is 248 Å². The van der Waals surface area contributed by atoms with Gasteiger partial charge in [0, 0.05) is 19.0 Å². The van der Waals surface area contributed by atoms with Crippen LogP contribution in [0.4, 0.5) is 4.79 Å². The molecule has 3 N–H and O–H groups in total. The number of hydrogen-bond acceptors (Lipinski definition) is 7. The fourth-order valence-electron chi connectivity index (χ4n) is 4.37. The van der Waals surface area contributed by atoms with E-state index < -0.39 is 47.6 Å². The summed E-state index contributed by atoms with van der Waals surface area (Å²) in [6.45, 7) is 12.8. The average Bonchev–Trinajstić information content (AvgIpc) is 2.91. The number of ether oxygens (including phenoxy) is 2. The number of aromatic hydroxyl groups is 1. The van der Waals surface area contributed by atoms with Crippen LogP contribution in [0.1, 0.15) is 77.6 Å². The Morgan fingerprint density at radius 1 is 0.929 bits per heavy atom. The summed E-state index contributed by atoms with van der Waals surface area (Å²) in [7, 11) is 0. The first-order chi connectivity index (χ1) is 19.7. The summed E-state index contributed by atoms with van der Waals surface area (Å²) in [6, 6.07) is 11.2. The van der Waals surface area contributed by atoms with Crippen molar-refractivity contribution < 1.29 is 33.8 Å². The van der Waals surface area contributed by atoms with Crippen molar-refractivity contribution in [3.8, 4) is 5.75 Å². The number of nitrogens with zero attached hydrogens (tertiary/aromatic N) is 1. The predicted molar refractivity (Wildman–Crippen MR) is 160 cm³/mol. The van der Waals surface area contributed by atoms with Crippen molar-refractivity contribution in [3.63, 3.8) is 0 Å². The SMILES string of the molecule is CCOC(=O)CCNC(=O)C(c1ccc(CC)cc1)N(C(=O)C(Cc1ccc(O)cc1)NC(=O)OC(C)(C)C)C(C)C. The van der Waals surface area contributed by atoms with Gasteiger partial charge in [-0.15, -0.1) is 0 Å². The van der Waals surface area contributed by atoms with Crippen molar-refractivity contribution >= 4 is 23.9 Å². The summed E-state index contributed by atoms with van der Waals surface area (Å²) in [5, 5.41) is 15.2. The number of phenols is 1. The minimum atomic E-state index is -1.09. The molecule has 0 aromatic heterocycles. The first-order valence-electron chi connectivity index (χ1n) is 14.4. The summed E-state index contributed by atoms with van der Waals surface area (Å²) in [5.74, 6) is -1.32. The number of aryl methyl sites for hydroxylation is 1. The van der Waals surface area contributed by atoms with Crippen molar-refractivity contribution in [3.05, 3.63) is 65.2 Å². The predicted octanol–water partition coefficient (Wildman–Crippen LogP) is 4.44. The molecular weight excluding hydrogens is 538 g/mol. The largest absolute Gasteiger partial charge is 0.508 e. The molecule has 2 unspecified atom stereocenters. The number of rotatable bonds is 13. The van der Waals surface area contributed by atoms with Crippen LogP contribution in [0.2, 0.25) is 0 Å². The molecule has 3 amide bonds. The fraction of sp³-hybridized carbons (Fsp3) is 0.500. The molecule has 0 aliphatic rings. The highest BCUT2D eigenvalue weighted by atomic mass is 16.6. The number of benzene rings is 2. The second kappa shape index (κ2) is 15.8. The van der Waals surface area contributed by atoms with Gasteiger partial charge in [0.2, 0.25) is 11.8 Å². The Hall–Kier alpha value is -4.08. The zero-order valence-corrected chi connectivity index (χ0v) is 25.7. The molecule has 2 rings (SSSR count). The van der Waals surface area contributed by atoms with E-state index in [1.807, 2.05) is 31.2 Å². The van der Waals surface area contributed by atoms with Gasteiger partial charge in [-0.05, 0) is 76.8 Å². The topological polar surface area (TPSA) is 134 Å². The molecule has 42 heavy (non-hydrogen) atoms. The summed E-state index contributed by atoms with van der Waals surface area (Å²) < 4.78 is 10.4. The molecule has 0 saturated carbocycles. The second-order valence-electron chi connectivity index (χ2n) is 11.3. The Morgan fingerprint density at radius 2 is 1.52 bits per heavy atom. The van der Waals surface area contributed by atoms with E-state index in [4.69, 9.17) is 9.47 Å². The van der Waals surface area contributed by atoms with Crippen LogP contribution in [0.3, 0.4) is 0 Å². The molecule has 0 heterocycles. The normalized spacial score (nSPS) is 12.7. The summed E-state index contributed by atoms with van der Waals surface area (Å²) in [5.41, 5.74) is 1.55. The van der Waals surface area contributed by atoms with E-state index in [1.54, 1.807) is 53.7 Å². The number of nitrogens with one attached hydrogen (secondary N) is 2. The monoisotopic (exact) mass is 583 g/mol. The molecule has 230 valence electrons. The third-order valence-corrected chi connectivity index (χ3v) is 6.34. The highest BCUT2D eigenvalue weighted by molar-refractivity contribution is 5.92. The second-order valence-corrected chi connectivity index (χ2v) is 11.3. The van der Waals surface area contributed by atoms with Crippen LogP contribution in [0, 0.1) is 0 Å². The Balaban J connectivity index is 2.49. The van der Waals surface area contributed by atoms with Crippen LogP contribution in [0.5, 0.6) is 5.75 Å². The van der Waals surface area contributed by atoms with E-state index in [1.165, 1.54) is 17.0 Å². The zero-order chi connectivity index (χ0) is 31.4. The maximum Gasteiger partial charge on any atom is 0.408 e. The summed E-state index contributed by atoms with van der Waals surface area (Å²) >= 11 is 0. The van der Waals surface area contributed by atoms with Crippen molar-refractivity contribution in [2.75, 3.05) is 13.2 Å². The van der Waals surface area contributed by atoms with E-state index in [0.717, 1.165) is 12.0 Å². The minimum absolute atomic E-state index is 0.0135. The number of esters is 1. The van der Waals surface area contributed by atoms with Crippen LogP contribution in [-0.4, -0.2) is 64.7 Å². The first kappa shape index (κ1) is 34.1. The minimum Gasteiger partial charge on any atom is -0.508 e. The highest BCUT2D eigenvalue weighted by Gasteiger charge is 2.38. The van der Waals surface area contributed by atoms with Gasteiger partial charge in [0.25, 0.3) is 0 Å². The molecule has 0 aliphatic heterocycles. The van der Waals surface area contributed by atoms with Gasteiger partial charge in [0.05, 0.1) is 13.0 Å². The lowest BCUT2D eigenvalue weighted by molar-refractivity contribution is -0.145. The lowest BCUT2D eigenvalue weighted by Gasteiger charge is -2.37. The molecular formula is C32H45N3O7. The van der Waals surface area contributed by atoms with E-state index >= 15 is 0 Å². The Morgan fingerprint density at radius 3 is 2.05 bits per heavy atom. The molecule has 2 atom stereocenters. The third-order valence-electron chi connectivity index (χ3n) is 6.34. The van der Waals surface area contributed by atoms with E-state index in [-0.39, 0.29) is 31.7 Å². The van der Waals surface area contributed by atoms with E-state index in [2.05, 4.69) is 10.6 Å². The van der Waals surface area contributed by atoms with E-state index in [9.17, 15) is 24.3 Å². The molecule has 0 bridgehead atoms. The number of hydrogen-bond donors (Lipinski definition) is 3. The first-order valence-corrected chi connectivity index (χ1v) is 14.4. The average molecular weight is 584 g/mol. The molecule has 0 fully saturated rings. The van der Waals surface area contributed by atoms with Crippen molar-refractivity contribution in [2.45, 2.75) is 91.5 Å². The molecule has 0 saturated heterocycles. The zero-order valence-electron chi connectivity index (χ0n) is 25.7. The molecule has 0 spiro atoms. The third kappa shape index (κ3) is 10.7. The molecule has 10 heteroatoms. The Bertz CT molecular complexity index is 1190. The van der Waals surface area contributed by atoms with E-state index in [0.29, 0.717) is 11.1 Å². The van der Waals surface area contributed by atoms with Gasteiger partial charge in [-0.1, -0.05) is 43.3 Å². The van der Waals surface area contributed by atoms with Gasteiger partial charge in [0.15, 0.2) is 0 Å². The molecule has 10 nitrogen and oxygen atoms in total. The van der Waals surface area contributed by atoms with Gasteiger partial charge in [0.1, 0.15) is 23.4 Å². The smallest absolute Gasteiger partial charge is 0.408 e. The number of phenolic OH excluding ortho intramolecular Hbond substituents is 1. The molecule has 2 aromatic rings. The molecule has 2 aromatic carbocycles. The van der Waals surface area contributed by atoms with Gasteiger partial charge < -0.3 is 30.1 Å². The maximum atomic E-state index is 14.3. The standard InChI is InChI=1S/C32H45N3O7/c1-8-22-10-14-24(15-11-22)28(29(38)33-19-18-27(37)41-9-2)35(21(3)4)30(39)26(34-31(40)42-32(5,6)7)20-23-12-16-25(36)17-13-23/h10-17,21,26,28,36H,8-9,18-20H2,1-7H3,(H,33,38)(H,34,40). The number of amides is 3. The number of alkyl carbamates (subject to hydrolysis) is 1. The van der Waals surface area contributed by atoms with Crippen molar-refractivity contribution in [2.24, 2.45) is 0 Å². The maximum absolute atomic E-state index is 14.3. The number of carbonyl (C=O) groups is 4.